The van der Waals surface area contributed by atoms with Gasteiger partial charge >= 0.3 is 0 Å². The first kappa shape index (κ1) is 14.3. The lowest BCUT2D eigenvalue weighted by Gasteiger charge is -2.39. The van der Waals surface area contributed by atoms with E-state index < -0.39 is 0 Å². The van der Waals surface area contributed by atoms with E-state index in [1.807, 2.05) is 0 Å². The highest BCUT2D eigenvalue weighted by atomic mass is 15.2. The van der Waals surface area contributed by atoms with Gasteiger partial charge in [-0.1, -0.05) is 26.7 Å². The molecule has 2 heteroatoms. The molecule has 1 saturated heterocycles. The quantitative estimate of drug-likeness (QED) is 0.835. The van der Waals surface area contributed by atoms with Crippen LogP contribution in [0, 0.1) is 17.8 Å². The third kappa shape index (κ3) is 3.71. The highest BCUT2D eigenvalue weighted by Gasteiger charge is 2.30. The highest BCUT2D eigenvalue weighted by Crippen LogP contribution is 2.33. The molecule has 1 aliphatic carbocycles. The van der Waals surface area contributed by atoms with E-state index in [2.05, 4.69) is 18.7 Å². The summed E-state index contributed by atoms with van der Waals surface area (Å²) in [5, 5.41) is 0. The largest absolute Gasteiger partial charge is 0.329 e. The molecule has 0 spiro atoms. The van der Waals surface area contributed by atoms with Crippen molar-refractivity contribution in [2.75, 3.05) is 19.6 Å². The van der Waals surface area contributed by atoms with Crippen LogP contribution < -0.4 is 5.73 Å². The Kier molecular flexibility index (Phi) is 5.50. The molecule has 2 nitrogen and oxygen atoms in total. The molecule has 2 N–H and O–H groups in total. The molecule has 2 fully saturated rings. The van der Waals surface area contributed by atoms with E-state index >= 15 is 0 Å². The van der Waals surface area contributed by atoms with E-state index in [-0.39, 0.29) is 0 Å². The van der Waals surface area contributed by atoms with Gasteiger partial charge < -0.3 is 5.73 Å². The van der Waals surface area contributed by atoms with Crippen LogP contribution >= 0.6 is 0 Å². The van der Waals surface area contributed by atoms with Crippen LogP contribution in [0.4, 0.5) is 0 Å². The fraction of sp³-hybridized carbons (Fsp3) is 1.00. The minimum Gasteiger partial charge on any atom is -0.329 e. The molecule has 2 rings (SSSR count). The minimum atomic E-state index is 0.665. The first-order chi connectivity index (χ1) is 8.70. The number of likely N-dealkylation sites (tertiary alicyclic amines) is 1. The molecule has 2 aliphatic rings. The minimum absolute atomic E-state index is 0.665. The van der Waals surface area contributed by atoms with Crippen LogP contribution in [0.1, 0.15) is 58.8 Å². The summed E-state index contributed by atoms with van der Waals surface area (Å²) in [7, 11) is 0. The molecule has 4 atom stereocenters. The molecule has 0 aromatic rings. The van der Waals surface area contributed by atoms with Crippen LogP contribution in [0.2, 0.25) is 0 Å². The molecule has 0 amide bonds. The second-order valence-corrected chi connectivity index (χ2v) is 6.91. The summed E-state index contributed by atoms with van der Waals surface area (Å²) in [6, 6.07) is 0.665. The number of nitrogens with zero attached hydrogens (tertiary/aromatic N) is 1. The van der Waals surface area contributed by atoms with Crippen molar-refractivity contribution in [1.29, 1.82) is 0 Å². The lowest BCUT2D eigenvalue weighted by atomic mass is 9.78. The molecule has 0 aromatic heterocycles. The number of hydrogen-bond donors (Lipinski definition) is 1. The normalized spacial score (nSPS) is 37.2. The van der Waals surface area contributed by atoms with Crippen LogP contribution in [-0.4, -0.2) is 30.6 Å². The Bertz CT molecular complexity index is 241. The molecular weight excluding hydrogens is 220 g/mol. The Balaban J connectivity index is 1.94. The zero-order valence-electron chi connectivity index (χ0n) is 12.4. The fourth-order valence-corrected chi connectivity index (χ4v) is 4.09. The predicted octanol–water partition coefficient (Wildman–Crippen LogP) is 3.26. The second kappa shape index (κ2) is 6.91. The van der Waals surface area contributed by atoms with Gasteiger partial charge in [0.15, 0.2) is 0 Å². The SMILES string of the molecule is CC1CCCN(C(CN)C2CCCC(C)C2)CC1. The monoisotopic (exact) mass is 252 g/mol. The maximum Gasteiger partial charge on any atom is 0.0246 e. The van der Waals surface area contributed by atoms with Crippen molar-refractivity contribution in [3.8, 4) is 0 Å². The zero-order valence-corrected chi connectivity index (χ0v) is 12.4. The van der Waals surface area contributed by atoms with Gasteiger partial charge in [0, 0.05) is 12.6 Å². The first-order valence-electron chi connectivity index (χ1n) is 8.14. The Morgan fingerprint density at radius 2 is 1.78 bits per heavy atom. The maximum absolute atomic E-state index is 6.12. The molecule has 0 radical (unpaired) electrons. The van der Waals surface area contributed by atoms with Gasteiger partial charge in [0.25, 0.3) is 0 Å². The molecule has 1 aliphatic heterocycles. The molecule has 106 valence electrons. The van der Waals surface area contributed by atoms with Gasteiger partial charge in [-0.3, -0.25) is 4.90 Å². The van der Waals surface area contributed by atoms with E-state index in [0.717, 1.165) is 24.3 Å². The smallest absolute Gasteiger partial charge is 0.0246 e. The van der Waals surface area contributed by atoms with E-state index in [0.29, 0.717) is 6.04 Å². The second-order valence-electron chi connectivity index (χ2n) is 6.91. The summed E-state index contributed by atoms with van der Waals surface area (Å²) < 4.78 is 0. The van der Waals surface area contributed by atoms with Gasteiger partial charge in [-0.2, -0.15) is 0 Å². The van der Waals surface area contributed by atoms with Crippen molar-refractivity contribution in [3.05, 3.63) is 0 Å². The highest BCUT2D eigenvalue weighted by molar-refractivity contribution is 4.85. The summed E-state index contributed by atoms with van der Waals surface area (Å²) in [4.78, 5) is 2.73. The van der Waals surface area contributed by atoms with E-state index in [9.17, 15) is 0 Å². The first-order valence-corrected chi connectivity index (χ1v) is 8.14. The van der Waals surface area contributed by atoms with Crippen LogP contribution in [-0.2, 0) is 0 Å². The molecule has 0 bridgehead atoms. The third-order valence-electron chi connectivity index (χ3n) is 5.28. The molecule has 4 unspecified atom stereocenters. The lowest BCUT2D eigenvalue weighted by Crippen LogP contribution is -2.47. The third-order valence-corrected chi connectivity index (χ3v) is 5.28. The number of hydrogen-bond acceptors (Lipinski definition) is 2. The molecule has 18 heavy (non-hydrogen) atoms. The Hall–Kier alpha value is -0.0800. The Labute approximate surface area is 113 Å². The van der Waals surface area contributed by atoms with E-state index in [1.165, 1.54) is 58.0 Å². The summed E-state index contributed by atoms with van der Waals surface area (Å²) in [5.74, 6) is 2.70. The maximum atomic E-state index is 6.12. The predicted molar refractivity (Wildman–Crippen MR) is 78.6 cm³/mol. The lowest BCUT2D eigenvalue weighted by molar-refractivity contribution is 0.110. The van der Waals surface area contributed by atoms with Crippen LogP contribution in [0.15, 0.2) is 0 Å². The van der Waals surface area contributed by atoms with Crippen LogP contribution in [0.5, 0.6) is 0 Å². The van der Waals surface area contributed by atoms with E-state index in [1.54, 1.807) is 0 Å². The van der Waals surface area contributed by atoms with Gasteiger partial charge in [0.05, 0.1) is 0 Å². The summed E-state index contributed by atoms with van der Waals surface area (Å²) >= 11 is 0. The Morgan fingerprint density at radius 3 is 2.50 bits per heavy atom. The molecule has 1 heterocycles. The summed E-state index contributed by atoms with van der Waals surface area (Å²) in [5.41, 5.74) is 6.12. The van der Waals surface area contributed by atoms with E-state index in [4.69, 9.17) is 5.73 Å². The van der Waals surface area contributed by atoms with Crippen LogP contribution in [0.25, 0.3) is 0 Å². The summed E-state index contributed by atoms with van der Waals surface area (Å²) in [6.07, 6.45) is 9.84. The topological polar surface area (TPSA) is 29.3 Å². The fourth-order valence-electron chi connectivity index (χ4n) is 4.09. The average molecular weight is 252 g/mol. The standard InChI is InChI=1S/C16H32N2/c1-13-6-4-9-18(10-8-13)16(12-17)15-7-3-5-14(2)11-15/h13-16H,3-12,17H2,1-2H3. The number of nitrogens with two attached hydrogens (primary N) is 1. The van der Waals surface area contributed by atoms with Gasteiger partial charge in [0.1, 0.15) is 0 Å². The zero-order chi connectivity index (χ0) is 13.0. The van der Waals surface area contributed by atoms with Gasteiger partial charge in [-0.25, -0.2) is 0 Å². The van der Waals surface area contributed by atoms with Crippen molar-refractivity contribution in [3.63, 3.8) is 0 Å². The van der Waals surface area contributed by atoms with Crippen LogP contribution in [0.3, 0.4) is 0 Å². The molecule has 1 saturated carbocycles. The number of rotatable bonds is 3. The van der Waals surface area contributed by atoms with Gasteiger partial charge in [0.2, 0.25) is 0 Å². The van der Waals surface area contributed by atoms with Crippen molar-refractivity contribution in [1.82, 2.24) is 4.90 Å². The molecule has 0 aromatic carbocycles. The van der Waals surface area contributed by atoms with Crippen molar-refractivity contribution in [2.45, 2.75) is 64.8 Å². The van der Waals surface area contributed by atoms with Crippen molar-refractivity contribution in [2.24, 2.45) is 23.5 Å². The van der Waals surface area contributed by atoms with Gasteiger partial charge in [-0.05, 0) is 62.9 Å². The average Bonchev–Trinajstić information content (AvgIpc) is 2.56. The Morgan fingerprint density at radius 1 is 1.00 bits per heavy atom. The van der Waals surface area contributed by atoms with Gasteiger partial charge in [-0.15, -0.1) is 0 Å². The summed E-state index contributed by atoms with van der Waals surface area (Å²) in [6.45, 7) is 8.27. The van der Waals surface area contributed by atoms with Crippen molar-refractivity contribution < 1.29 is 0 Å². The molecular formula is C16H32N2. The van der Waals surface area contributed by atoms with Crippen molar-refractivity contribution >= 4 is 0 Å².